The van der Waals surface area contributed by atoms with Gasteiger partial charge in [-0.2, -0.15) is 0 Å². The van der Waals surface area contributed by atoms with Gasteiger partial charge < -0.3 is 20.1 Å². The fourth-order valence-corrected chi connectivity index (χ4v) is 4.30. The van der Waals surface area contributed by atoms with Crippen LogP contribution < -0.4 is 10.2 Å². The highest BCUT2D eigenvalue weighted by Gasteiger charge is 2.24. The summed E-state index contributed by atoms with van der Waals surface area (Å²) >= 11 is 6.05. The molecule has 1 aliphatic rings. The first-order valence-electron chi connectivity index (χ1n) is 10.7. The van der Waals surface area contributed by atoms with Gasteiger partial charge >= 0.3 is 5.97 Å². The summed E-state index contributed by atoms with van der Waals surface area (Å²) in [5.74, 6) is -0.781. The molecule has 0 spiro atoms. The van der Waals surface area contributed by atoms with Crippen LogP contribution >= 0.6 is 11.6 Å². The van der Waals surface area contributed by atoms with Crippen molar-refractivity contribution < 1.29 is 14.6 Å². The molecular formula is C24H31ClN2O3. The Morgan fingerprint density at radius 3 is 2.50 bits per heavy atom. The number of hydrogen-bond acceptors (Lipinski definition) is 4. The number of ether oxygens (including phenoxy) is 1. The number of aliphatic carboxylic acids is 1. The van der Waals surface area contributed by atoms with Crippen LogP contribution in [0.15, 0.2) is 42.5 Å². The van der Waals surface area contributed by atoms with E-state index in [0.29, 0.717) is 11.1 Å². The van der Waals surface area contributed by atoms with Gasteiger partial charge in [0.1, 0.15) is 0 Å². The molecule has 2 N–H and O–H groups in total. The highest BCUT2D eigenvalue weighted by atomic mass is 35.5. The van der Waals surface area contributed by atoms with E-state index in [1.54, 1.807) is 0 Å². The third-order valence-corrected chi connectivity index (χ3v) is 6.06. The van der Waals surface area contributed by atoms with E-state index in [2.05, 4.69) is 35.3 Å². The Morgan fingerprint density at radius 2 is 1.90 bits per heavy atom. The van der Waals surface area contributed by atoms with Gasteiger partial charge in [-0.1, -0.05) is 24.6 Å². The Kier molecular flexibility index (Phi) is 8.00. The van der Waals surface area contributed by atoms with E-state index >= 15 is 0 Å². The average Bonchev–Trinajstić information content (AvgIpc) is 2.76. The van der Waals surface area contributed by atoms with Gasteiger partial charge in [0.15, 0.2) is 0 Å². The molecule has 2 aromatic carbocycles. The van der Waals surface area contributed by atoms with Crippen molar-refractivity contribution in [2.24, 2.45) is 0 Å². The third-order valence-electron chi connectivity index (χ3n) is 5.81. The molecule has 6 heteroatoms. The summed E-state index contributed by atoms with van der Waals surface area (Å²) in [5.41, 5.74) is 4.12. The van der Waals surface area contributed by atoms with E-state index in [1.807, 2.05) is 31.2 Å². The quantitative estimate of drug-likeness (QED) is 0.506. The first-order valence-corrected chi connectivity index (χ1v) is 11.1. The molecule has 2 aromatic rings. The monoisotopic (exact) mass is 430 g/mol. The van der Waals surface area contributed by atoms with E-state index in [1.165, 1.54) is 0 Å². The number of nitrogens with one attached hydrogen (secondary N) is 1. The lowest BCUT2D eigenvalue weighted by Gasteiger charge is -2.37. The standard InChI is InChI=1S/C24H31ClN2O3/c1-3-17(16-24(28)29)18-5-10-23(27(4-2)21-11-13-30-14-12-21)22(15-18)26-20-8-6-19(25)7-9-20/h5-10,15,17,21,26H,3-4,11-14,16H2,1-2H3,(H,28,29). The lowest BCUT2D eigenvalue weighted by Crippen LogP contribution is -2.39. The first-order chi connectivity index (χ1) is 14.5. The summed E-state index contributed by atoms with van der Waals surface area (Å²) in [7, 11) is 0. The second-order valence-corrected chi connectivity index (χ2v) is 8.18. The van der Waals surface area contributed by atoms with Crippen LogP contribution in [-0.2, 0) is 9.53 Å². The Morgan fingerprint density at radius 1 is 1.20 bits per heavy atom. The molecule has 1 unspecified atom stereocenters. The molecule has 162 valence electrons. The number of hydrogen-bond donors (Lipinski definition) is 2. The van der Waals surface area contributed by atoms with Crippen LogP contribution in [0.3, 0.4) is 0 Å². The van der Waals surface area contributed by atoms with Gasteiger partial charge in [0, 0.05) is 36.5 Å². The number of benzene rings is 2. The van der Waals surface area contributed by atoms with E-state index < -0.39 is 5.97 Å². The predicted molar refractivity (Wildman–Crippen MR) is 123 cm³/mol. The predicted octanol–water partition coefficient (Wildman–Crippen LogP) is 6.06. The van der Waals surface area contributed by atoms with Crippen LogP contribution in [0.5, 0.6) is 0 Å². The van der Waals surface area contributed by atoms with Gasteiger partial charge in [0.25, 0.3) is 0 Å². The number of carboxylic acid groups (broad SMARTS) is 1. The summed E-state index contributed by atoms with van der Waals surface area (Å²) in [6, 6.07) is 14.4. The fourth-order valence-electron chi connectivity index (χ4n) is 4.18. The lowest BCUT2D eigenvalue weighted by molar-refractivity contribution is -0.137. The molecule has 1 fully saturated rings. The summed E-state index contributed by atoms with van der Waals surface area (Å²) in [4.78, 5) is 13.8. The minimum absolute atomic E-state index is 0.0134. The zero-order chi connectivity index (χ0) is 21.5. The molecule has 5 nitrogen and oxygen atoms in total. The Balaban J connectivity index is 1.98. The molecular weight excluding hydrogens is 400 g/mol. The van der Waals surface area contributed by atoms with Crippen LogP contribution in [0.2, 0.25) is 5.02 Å². The number of carboxylic acids is 1. The highest BCUT2D eigenvalue weighted by Crippen LogP contribution is 2.36. The maximum atomic E-state index is 11.3. The minimum atomic E-state index is -0.768. The van der Waals surface area contributed by atoms with Crippen molar-refractivity contribution in [2.75, 3.05) is 30.0 Å². The molecule has 0 amide bonds. The molecule has 0 bridgehead atoms. The third kappa shape index (κ3) is 5.67. The van der Waals surface area contributed by atoms with Gasteiger partial charge in [-0.15, -0.1) is 0 Å². The number of halogens is 1. The first kappa shape index (κ1) is 22.4. The molecule has 1 saturated heterocycles. The van der Waals surface area contributed by atoms with E-state index in [9.17, 15) is 9.90 Å². The van der Waals surface area contributed by atoms with Gasteiger partial charge in [-0.05, 0) is 74.1 Å². The van der Waals surface area contributed by atoms with Crippen LogP contribution in [-0.4, -0.2) is 36.9 Å². The molecule has 0 aromatic heterocycles. The van der Waals surface area contributed by atoms with Crippen molar-refractivity contribution in [3.05, 3.63) is 53.1 Å². The molecule has 1 atom stereocenters. The van der Waals surface area contributed by atoms with E-state index in [-0.39, 0.29) is 12.3 Å². The fraction of sp³-hybridized carbons (Fsp3) is 0.458. The Hall–Kier alpha value is -2.24. The van der Waals surface area contributed by atoms with Gasteiger partial charge in [-0.25, -0.2) is 0 Å². The average molecular weight is 431 g/mol. The number of anilines is 3. The summed E-state index contributed by atoms with van der Waals surface area (Å²) in [6.07, 6.45) is 2.93. The summed E-state index contributed by atoms with van der Waals surface area (Å²) in [5, 5.41) is 13.6. The second kappa shape index (κ2) is 10.7. The van der Waals surface area contributed by atoms with Crippen molar-refractivity contribution in [3.63, 3.8) is 0 Å². The van der Waals surface area contributed by atoms with Crippen LogP contribution in [0.25, 0.3) is 0 Å². The van der Waals surface area contributed by atoms with Crippen LogP contribution in [0, 0.1) is 0 Å². The maximum absolute atomic E-state index is 11.3. The van der Waals surface area contributed by atoms with Crippen molar-refractivity contribution in [2.45, 2.75) is 51.5 Å². The zero-order valence-electron chi connectivity index (χ0n) is 17.7. The van der Waals surface area contributed by atoms with E-state index in [4.69, 9.17) is 16.3 Å². The zero-order valence-corrected chi connectivity index (χ0v) is 18.5. The largest absolute Gasteiger partial charge is 0.481 e. The van der Waals surface area contributed by atoms with Crippen molar-refractivity contribution in [3.8, 4) is 0 Å². The maximum Gasteiger partial charge on any atom is 0.303 e. The van der Waals surface area contributed by atoms with Crippen LogP contribution in [0.4, 0.5) is 17.1 Å². The van der Waals surface area contributed by atoms with Gasteiger partial charge in [0.05, 0.1) is 17.8 Å². The molecule has 0 radical (unpaired) electrons. The highest BCUT2D eigenvalue weighted by molar-refractivity contribution is 6.30. The minimum Gasteiger partial charge on any atom is -0.481 e. The molecule has 0 aliphatic carbocycles. The SMILES string of the molecule is CCC(CC(=O)O)c1ccc(N(CC)C2CCOCC2)c(Nc2ccc(Cl)cc2)c1. The van der Waals surface area contributed by atoms with Gasteiger partial charge in [-0.3, -0.25) is 4.79 Å². The summed E-state index contributed by atoms with van der Waals surface area (Å²) < 4.78 is 5.56. The molecule has 3 rings (SSSR count). The topological polar surface area (TPSA) is 61.8 Å². The number of carbonyl (C=O) groups is 1. The smallest absolute Gasteiger partial charge is 0.303 e. The van der Waals surface area contributed by atoms with Crippen molar-refractivity contribution in [1.29, 1.82) is 0 Å². The van der Waals surface area contributed by atoms with Crippen molar-refractivity contribution in [1.82, 2.24) is 0 Å². The Bertz CT molecular complexity index is 835. The molecule has 0 saturated carbocycles. The number of nitrogens with zero attached hydrogens (tertiary/aromatic N) is 1. The van der Waals surface area contributed by atoms with Crippen molar-refractivity contribution >= 4 is 34.6 Å². The molecule has 1 aliphatic heterocycles. The summed E-state index contributed by atoms with van der Waals surface area (Å²) in [6.45, 7) is 6.68. The Labute approximate surface area is 184 Å². The van der Waals surface area contributed by atoms with Crippen LogP contribution in [0.1, 0.15) is 51.0 Å². The van der Waals surface area contributed by atoms with Gasteiger partial charge in [0.2, 0.25) is 0 Å². The number of rotatable bonds is 9. The normalized spacial score (nSPS) is 15.6. The van der Waals surface area contributed by atoms with E-state index in [0.717, 1.165) is 61.6 Å². The molecule has 30 heavy (non-hydrogen) atoms. The molecule has 1 heterocycles. The lowest BCUT2D eigenvalue weighted by atomic mass is 9.92. The second-order valence-electron chi connectivity index (χ2n) is 7.74.